The first kappa shape index (κ1) is 32.8. The molecule has 2 bridgehead atoms. The number of cyclic esters (lactones) is 1. The van der Waals surface area contributed by atoms with Crippen molar-refractivity contribution in [3.05, 3.63) is 36.0 Å². The molecule has 0 aromatic carbocycles. The summed E-state index contributed by atoms with van der Waals surface area (Å²) < 4.78 is 36.6. The maximum atomic E-state index is 13.3. The second kappa shape index (κ2) is 12.7. The monoisotopic (exact) mass is 618 g/mol. The highest BCUT2D eigenvalue weighted by Gasteiger charge is 2.83. The van der Waals surface area contributed by atoms with Crippen molar-refractivity contribution in [2.75, 3.05) is 19.8 Å². The Hall–Kier alpha value is -2.57. The molecule has 1 saturated carbocycles. The van der Waals surface area contributed by atoms with Crippen LogP contribution in [0.5, 0.6) is 0 Å². The number of esters is 3. The predicted molar refractivity (Wildman–Crippen MR) is 156 cm³/mol. The van der Waals surface area contributed by atoms with E-state index in [2.05, 4.69) is 0 Å². The van der Waals surface area contributed by atoms with Gasteiger partial charge in [0, 0.05) is 31.9 Å². The van der Waals surface area contributed by atoms with Gasteiger partial charge in [-0.25, -0.2) is 9.59 Å². The van der Waals surface area contributed by atoms with Crippen molar-refractivity contribution < 1.29 is 53.0 Å². The van der Waals surface area contributed by atoms with E-state index in [-0.39, 0.29) is 38.1 Å². The lowest BCUT2D eigenvalue weighted by Crippen LogP contribution is -2.68. The van der Waals surface area contributed by atoms with Crippen molar-refractivity contribution >= 4 is 17.9 Å². The third-order valence-corrected chi connectivity index (χ3v) is 10.5. The number of carbonyl (C=O) groups excluding carboxylic acids is 3. The summed E-state index contributed by atoms with van der Waals surface area (Å²) in [4.78, 5) is 39.2. The second-order valence-electron chi connectivity index (χ2n) is 13.2. The first-order valence-electron chi connectivity index (χ1n) is 15.8. The van der Waals surface area contributed by atoms with E-state index in [4.69, 9.17) is 28.4 Å². The van der Waals surface area contributed by atoms with Crippen molar-refractivity contribution in [2.45, 2.75) is 115 Å². The third kappa shape index (κ3) is 5.66. The molecule has 2 aliphatic carbocycles. The van der Waals surface area contributed by atoms with Crippen LogP contribution in [0, 0.1) is 16.7 Å². The molecule has 5 rings (SSSR count). The van der Waals surface area contributed by atoms with Crippen LogP contribution in [0.4, 0.5) is 0 Å². The average molecular weight is 619 g/mol. The van der Waals surface area contributed by atoms with Crippen LogP contribution in [0.2, 0.25) is 0 Å². The normalized spacial score (nSPS) is 44.6. The molecule has 2 N–H and O–H groups in total. The molecule has 11 nitrogen and oxygen atoms in total. The standard InChI is InChI=1S/C33H46O11/c1-6-9-27(35)42-23-16-32-17-40-30(38)29(37)19(2)12-13-39-22(21(4)34)10-7-8-11-28(36)44-24-15-26(43-25(32)14-20(23)3)33(18-41-33)31(24,32)5/h7-8,10-11,14,19,21-26,29,34,37H,6,9,12-13,15-18H2,1-5H3/b10-7-,11-8-/t19-,21+,22-,23+,24-,25-,26-,29+,31-,32-,33?/m1/s1. The summed E-state index contributed by atoms with van der Waals surface area (Å²) >= 11 is 0. The van der Waals surface area contributed by atoms with Crippen LogP contribution in [0.15, 0.2) is 36.0 Å². The van der Waals surface area contributed by atoms with E-state index < -0.39 is 70.9 Å². The molecule has 3 aliphatic heterocycles. The van der Waals surface area contributed by atoms with E-state index in [1.165, 1.54) is 12.2 Å². The minimum absolute atomic E-state index is 0.173. The highest BCUT2D eigenvalue weighted by molar-refractivity contribution is 5.82. The Labute approximate surface area is 258 Å². The number of allylic oxidation sites excluding steroid dienone is 2. The van der Waals surface area contributed by atoms with Crippen LogP contribution in [-0.4, -0.2) is 96.3 Å². The van der Waals surface area contributed by atoms with Gasteiger partial charge >= 0.3 is 17.9 Å². The lowest BCUT2D eigenvalue weighted by Gasteiger charge is -2.59. The fourth-order valence-corrected chi connectivity index (χ4v) is 7.59. The second-order valence-corrected chi connectivity index (χ2v) is 13.2. The minimum Gasteiger partial charge on any atom is -0.463 e. The highest BCUT2D eigenvalue weighted by atomic mass is 16.6. The number of ether oxygens (including phenoxy) is 6. The van der Waals surface area contributed by atoms with Crippen molar-refractivity contribution in [1.82, 2.24) is 0 Å². The van der Waals surface area contributed by atoms with Gasteiger partial charge in [0.15, 0.2) is 6.10 Å². The van der Waals surface area contributed by atoms with Crippen molar-refractivity contribution in [2.24, 2.45) is 16.7 Å². The summed E-state index contributed by atoms with van der Waals surface area (Å²) in [6, 6.07) is 0. The predicted octanol–water partition coefficient (Wildman–Crippen LogP) is 2.72. The lowest BCUT2D eigenvalue weighted by atomic mass is 9.51. The van der Waals surface area contributed by atoms with Crippen molar-refractivity contribution in [3.8, 4) is 0 Å². The van der Waals surface area contributed by atoms with Crippen molar-refractivity contribution in [1.29, 1.82) is 0 Å². The Bertz CT molecular complexity index is 1200. The zero-order chi connectivity index (χ0) is 31.9. The fourth-order valence-electron chi connectivity index (χ4n) is 7.59. The molecule has 3 heterocycles. The highest BCUT2D eigenvalue weighted by Crippen LogP contribution is 2.72. The van der Waals surface area contributed by atoms with Gasteiger partial charge in [0.2, 0.25) is 0 Å². The molecular weight excluding hydrogens is 572 g/mol. The molecule has 1 unspecified atom stereocenters. The van der Waals surface area contributed by atoms with Crippen molar-refractivity contribution in [3.63, 3.8) is 0 Å². The number of aliphatic hydroxyl groups is 2. The van der Waals surface area contributed by atoms with Crippen LogP contribution in [0.25, 0.3) is 0 Å². The maximum absolute atomic E-state index is 13.3. The molecule has 11 heteroatoms. The van der Waals surface area contributed by atoms with E-state index in [9.17, 15) is 24.6 Å². The number of hydrogen-bond acceptors (Lipinski definition) is 11. The molecule has 3 fully saturated rings. The maximum Gasteiger partial charge on any atom is 0.335 e. The van der Waals surface area contributed by atoms with Gasteiger partial charge in [-0.3, -0.25) is 4.79 Å². The first-order valence-corrected chi connectivity index (χ1v) is 15.8. The first-order chi connectivity index (χ1) is 20.9. The van der Waals surface area contributed by atoms with Gasteiger partial charge in [-0.15, -0.1) is 0 Å². The van der Waals surface area contributed by atoms with E-state index in [1.54, 1.807) is 26.0 Å². The Morgan fingerprint density at radius 2 is 1.95 bits per heavy atom. The molecule has 0 radical (unpaired) electrons. The van der Waals surface area contributed by atoms with Gasteiger partial charge in [-0.1, -0.05) is 45.1 Å². The molecule has 11 atom stereocenters. The molecule has 244 valence electrons. The largest absolute Gasteiger partial charge is 0.463 e. The number of aliphatic hydroxyl groups excluding tert-OH is 2. The fraction of sp³-hybridized carbons (Fsp3) is 0.727. The Kier molecular flexibility index (Phi) is 9.45. The number of rotatable bonds is 4. The van der Waals surface area contributed by atoms with E-state index in [0.717, 1.165) is 5.57 Å². The summed E-state index contributed by atoms with van der Waals surface area (Å²) in [6.07, 6.45) is 4.81. The number of carbonyl (C=O) groups is 3. The van der Waals surface area contributed by atoms with Gasteiger partial charge < -0.3 is 38.6 Å². The summed E-state index contributed by atoms with van der Waals surface area (Å²) in [5, 5.41) is 21.1. The van der Waals surface area contributed by atoms with Crippen LogP contribution in [0.3, 0.4) is 0 Å². The van der Waals surface area contributed by atoms with Gasteiger partial charge in [-0.05, 0) is 38.2 Å². The van der Waals surface area contributed by atoms with Crippen LogP contribution < -0.4 is 0 Å². The van der Waals surface area contributed by atoms with Gasteiger partial charge in [0.05, 0.1) is 35.7 Å². The van der Waals surface area contributed by atoms with Crippen LogP contribution in [0.1, 0.15) is 66.7 Å². The average Bonchev–Trinajstić information content (AvgIpc) is 3.75. The Morgan fingerprint density at radius 1 is 1.20 bits per heavy atom. The van der Waals surface area contributed by atoms with Gasteiger partial charge in [0.25, 0.3) is 0 Å². The molecule has 44 heavy (non-hydrogen) atoms. The van der Waals surface area contributed by atoms with Crippen LogP contribution in [-0.2, 0) is 42.8 Å². The topological polar surface area (TPSA) is 150 Å². The van der Waals surface area contributed by atoms with E-state index in [1.807, 2.05) is 26.8 Å². The van der Waals surface area contributed by atoms with Gasteiger partial charge in [-0.2, -0.15) is 0 Å². The third-order valence-electron chi connectivity index (χ3n) is 10.5. The summed E-state index contributed by atoms with van der Waals surface area (Å²) in [6.45, 7) is 9.49. The SMILES string of the molecule is CCCC(=O)O[C@H]1C[C@@]23COC(=O)[C@@H](O)[C@H](C)CCO[C@@H]([C@H](C)O)/C=C\C=C/C(=O)O[C@@H]4C[C@@H](O[C@@H]2C=C1C)C1(CO1)[C@]43C. The zero-order valence-electron chi connectivity index (χ0n) is 26.2. The summed E-state index contributed by atoms with van der Waals surface area (Å²) in [7, 11) is 0. The molecule has 0 aromatic rings. The van der Waals surface area contributed by atoms with Gasteiger partial charge in [0.1, 0.15) is 30.5 Å². The zero-order valence-corrected chi connectivity index (χ0v) is 26.2. The molecule has 0 amide bonds. The van der Waals surface area contributed by atoms with E-state index >= 15 is 0 Å². The number of hydrogen-bond donors (Lipinski definition) is 2. The quantitative estimate of drug-likeness (QED) is 0.207. The Balaban J connectivity index is 1.54. The molecule has 2 saturated heterocycles. The summed E-state index contributed by atoms with van der Waals surface area (Å²) in [5.41, 5.74) is -1.86. The van der Waals surface area contributed by atoms with E-state index in [0.29, 0.717) is 25.9 Å². The Morgan fingerprint density at radius 3 is 2.64 bits per heavy atom. The molecule has 2 spiro atoms. The number of epoxide rings is 1. The summed E-state index contributed by atoms with van der Waals surface area (Å²) in [5.74, 6) is -2.19. The lowest BCUT2D eigenvalue weighted by molar-refractivity contribution is -0.242. The minimum atomic E-state index is -1.43. The molecular formula is C33H46O11. The van der Waals surface area contributed by atoms with Crippen LogP contribution >= 0.6 is 0 Å². The smallest absolute Gasteiger partial charge is 0.335 e. The molecule has 0 aromatic heterocycles. The molecule has 5 aliphatic rings.